The van der Waals surface area contributed by atoms with E-state index in [2.05, 4.69) is 15.9 Å². The third-order valence-corrected chi connectivity index (χ3v) is 1.54. The van der Waals surface area contributed by atoms with E-state index in [1.165, 1.54) is 18.4 Å². The monoisotopic (exact) mass is 162 g/mol. The van der Waals surface area contributed by atoms with Crippen LogP contribution in [0.25, 0.3) is 11.1 Å². The Kier molecular flexibility index (Phi) is 1.63. The van der Waals surface area contributed by atoms with Crippen molar-refractivity contribution in [1.82, 2.24) is 5.16 Å². The van der Waals surface area contributed by atoms with Gasteiger partial charge in [-0.1, -0.05) is 17.3 Å². The van der Waals surface area contributed by atoms with Gasteiger partial charge in [0.1, 0.15) is 18.3 Å². The third-order valence-electron chi connectivity index (χ3n) is 1.54. The lowest BCUT2D eigenvalue weighted by Crippen LogP contribution is -1.75. The zero-order valence-electron chi connectivity index (χ0n) is 6.12. The minimum Gasteiger partial charge on any atom is -0.363 e. The summed E-state index contributed by atoms with van der Waals surface area (Å²) in [4.78, 5) is 0. The molecule has 3 heteroatoms. The number of hydrogen-bond donors (Lipinski definition) is 0. The fourth-order valence-electron chi connectivity index (χ4n) is 0.943. The van der Waals surface area contributed by atoms with Gasteiger partial charge in [0, 0.05) is 0 Å². The van der Waals surface area contributed by atoms with E-state index in [-0.39, 0.29) is 5.82 Å². The van der Waals surface area contributed by atoms with Gasteiger partial charge in [0.05, 0.1) is 5.56 Å². The van der Waals surface area contributed by atoms with Gasteiger partial charge in [0.15, 0.2) is 0 Å². The lowest BCUT2D eigenvalue weighted by Gasteiger charge is -1.93. The quantitative estimate of drug-likeness (QED) is 0.642. The molecule has 12 heavy (non-hydrogen) atoms. The summed E-state index contributed by atoms with van der Waals surface area (Å²) < 4.78 is 17.1. The number of rotatable bonds is 1. The molecule has 0 aliphatic carbocycles. The van der Waals surface area contributed by atoms with Crippen LogP contribution in [0.4, 0.5) is 4.39 Å². The van der Waals surface area contributed by atoms with Crippen LogP contribution in [0.5, 0.6) is 0 Å². The van der Waals surface area contributed by atoms with Gasteiger partial charge < -0.3 is 4.52 Å². The van der Waals surface area contributed by atoms with Crippen molar-refractivity contribution >= 4 is 0 Å². The molecule has 0 saturated carbocycles. The van der Waals surface area contributed by atoms with Crippen molar-refractivity contribution < 1.29 is 8.91 Å². The number of nitrogens with zero attached hydrogens (tertiary/aromatic N) is 1. The van der Waals surface area contributed by atoms with Crippen LogP contribution in [0.2, 0.25) is 0 Å². The van der Waals surface area contributed by atoms with Crippen molar-refractivity contribution in [3.63, 3.8) is 0 Å². The molecule has 0 aliphatic heterocycles. The second-order valence-corrected chi connectivity index (χ2v) is 2.35. The van der Waals surface area contributed by atoms with Gasteiger partial charge in [-0.15, -0.1) is 0 Å². The molecule has 1 heterocycles. The standard InChI is InChI=1S/C9H5FNO/c10-9-3-1-7(2-4-9)8-5-11-12-6-8/h1-4,6H. The van der Waals surface area contributed by atoms with Crippen LogP contribution in [0, 0.1) is 12.0 Å². The molecule has 2 aromatic rings. The van der Waals surface area contributed by atoms with E-state index >= 15 is 0 Å². The summed E-state index contributed by atoms with van der Waals surface area (Å²) in [6.45, 7) is 0. The average Bonchev–Trinajstić information content (AvgIpc) is 2.58. The third kappa shape index (κ3) is 1.21. The van der Waals surface area contributed by atoms with E-state index in [9.17, 15) is 4.39 Å². The Hall–Kier alpha value is -1.64. The largest absolute Gasteiger partial charge is 0.363 e. The number of aromatic nitrogens is 1. The smallest absolute Gasteiger partial charge is 0.144 e. The summed E-state index contributed by atoms with van der Waals surface area (Å²) in [5, 5.41) is 3.43. The Balaban J connectivity index is 2.43. The van der Waals surface area contributed by atoms with Crippen molar-refractivity contribution in [3.05, 3.63) is 42.5 Å². The van der Waals surface area contributed by atoms with Gasteiger partial charge in [-0.2, -0.15) is 0 Å². The van der Waals surface area contributed by atoms with Crippen LogP contribution in [-0.2, 0) is 0 Å². The first-order chi connectivity index (χ1) is 5.86. The van der Waals surface area contributed by atoms with Crippen molar-refractivity contribution in [2.75, 3.05) is 0 Å². The maximum absolute atomic E-state index is 12.5. The van der Waals surface area contributed by atoms with E-state index in [1.54, 1.807) is 12.1 Å². The Bertz CT molecular complexity index is 353. The van der Waals surface area contributed by atoms with Gasteiger partial charge >= 0.3 is 0 Å². The number of hydrogen-bond acceptors (Lipinski definition) is 2. The van der Waals surface area contributed by atoms with E-state index < -0.39 is 0 Å². The first-order valence-corrected chi connectivity index (χ1v) is 3.44. The molecule has 0 spiro atoms. The van der Waals surface area contributed by atoms with Crippen molar-refractivity contribution in [2.24, 2.45) is 0 Å². The topological polar surface area (TPSA) is 26.0 Å². The normalized spacial score (nSPS) is 10.1. The summed E-state index contributed by atoms with van der Waals surface area (Å²) in [6.07, 6.45) is 4.10. The van der Waals surface area contributed by atoms with Gasteiger partial charge in [-0.25, -0.2) is 4.39 Å². The molecular formula is C9H5FNO. The summed E-state index contributed by atoms with van der Waals surface area (Å²) >= 11 is 0. The van der Waals surface area contributed by atoms with Crippen molar-refractivity contribution in [1.29, 1.82) is 0 Å². The van der Waals surface area contributed by atoms with Gasteiger partial charge in [-0.3, -0.25) is 0 Å². The molecule has 1 aromatic heterocycles. The summed E-state index contributed by atoms with van der Waals surface area (Å²) in [5.74, 6) is -0.254. The molecule has 0 N–H and O–H groups in total. The first-order valence-electron chi connectivity index (χ1n) is 3.44. The molecule has 0 aliphatic rings. The molecule has 0 bridgehead atoms. The predicted octanol–water partition coefficient (Wildman–Crippen LogP) is 2.28. The first kappa shape index (κ1) is 7.03. The number of halogens is 1. The van der Waals surface area contributed by atoms with Crippen molar-refractivity contribution in [2.45, 2.75) is 0 Å². The summed E-state index contributed by atoms with van der Waals surface area (Å²) in [6, 6.07) is 6.07. The molecule has 0 unspecified atom stereocenters. The molecule has 1 radical (unpaired) electrons. The molecule has 2 rings (SSSR count). The van der Waals surface area contributed by atoms with E-state index in [1.807, 2.05) is 0 Å². The Morgan fingerprint density at radius 2 is 2.00 bits per heavy atom. The number of benzene rings is 1. The highest BCUT2D eigenvalue weighted by molar-refractivity contribution is 5.60. The Labute approximate surface area is 68.6 Å². The van der Waals surface area contributed by atoms with Crippen molar-refractivity contribution in [3.8, 4) is 11.1 Å². The highest BCUT2D eigenvalue weighted by Crippen LogP contribution is 2.17. The summed E-state index contributed by atoms with van der Waals surface area (Å²) in [5.41, 5.74) is 1.58. The molecule has 59 valence electrons. The molecule has 0 atom stereocenters. The Morgan fingerprint density at radius 3 is 2.58 bits per heavy atom. The van der Waals surface area contributed by atoms with Crippen LogP contribution in [0.3, 0.4) is 0 Å². The fourth-order valence-corrected chi connectivity index (χ4v) is 0.943. The second kappa shape index (κ2) is 2.77. The zero-order chi connectivity index (χ0) is 8.39. The van der Waals surface area contributed by atoms with Crippen LogP contribution in [-0.4, -0.2) is 5.16 Å². The van der Waals surface area contributed by atoms with Crippen LogP contribution >= 0.6 is 0 Å². The van der Waals surface area contributed by atoms with E-state index in [0.717, 1.165) is 11.1 Å². The van der Waals surface area contributed by atoms with E-state index in [4.69, 9.17) is 0 Å². The van der Waals surface area contributed by atoms with Gasteiger partial charge in [0.2, 0.25) is 0 Å². The highest BCUT2D eigenvalue weighted by atomic mass is 19.1. The van der Waals surface area contributed by atoms with Crippen LogP contribution in [0.1, 0.15) is 0 Å². The molecule has 2 nitrogen and oxygen atoms in total. The molecule has 1 aromatic carbocycles. The predicted molar refractivity (Wildman–Crippen MR) is 40.7 cm³/mol. The van der Waals surface area contributed by atoms with Crippen LogP contribution in [0.15, 0.2) is 35.1 Å². The average molecular weight is 162 g/mol. The van der Waals surface area contributed by atoms with Gasteiger partial charge in [0.25, 0.3) is 0 Å². The SMILES string of the molecule is Fc1ccc(-c2[c]noc2)cc1. The molecule has 0 amide bonds. The maximum atomic E-state index is 12.5. The minimum absolute atomic E-state index is 0.254. The lowest BCUT2D eigenvalue weighted by molar-refractivity contribution is 0.418. The lowest BCUT2D eigenvalue weighted by atomic mass is 10.1. The van der Waals surface area contributed by atoms with Gasteiger partial charge in [-0.05, 0) is 17.7 Å². The second-order valence-electron chi connectivity index (χ2n) is 2.35. The molecular weight excluding hydrogens is 157 g/mol. The molecule has 0 saturated heterocycles. The minimum atomic E-state index is -0.254. The maximum Gasteiger partial charge on any atom is 0.144 e. The molecule has 0 fully saturated rings. The Morgan fingerprint density at radius 1 is 1.25 bits per heavy atom. The highest BCUT2D eigenvalue weighted by Gasteiger charge is 1.99. The zero-order valence-corrected chi connectivity index (χ0v) is 6.12. The summed E-state index contributed by atoms with van der Waals surface area (Å²) in [7, 11) is 0. The fraction of sp³-hybridized carbons (Fsp3) is 0. The van der Waals surface area contributed by atoms with E-state index in [0.29, 0.717) is 0 Å². The van der Waals surface area contributed by atoms with Crippen LogP contribution < -0.4 is 0 Å².